The third kappa shape index (κ3) is 7.11. The maximum absolute atomic E-state index is 13.9. The molecule has 8 nitrogen and oxygen atoms in total. The van der Waals surface area contributed by atoms with Gasteiger partial charge in [0.05, 0.1) is 18.4 Å². The highest BCUT2D eigenvalue weighted by Gasteiger charge is 2.27. The Kier molecular flexibility index (Phi) is 8.62. The Bertz CT molecular complexity index is 918. The summed E-state index contributed by atoms with van der Waals surface area (Å²) in [6.07, 6.45) is 5.30. The van der Waals surface area contributed by atoms with E-state index in [-0.39, 0.29) is 6.42 Å². The predicted molar refractivity (Wildman–Crippen MR) is 113 cm³/mol. The normalized spacial score (nSPS) is 12.9. The predicted octanol–water partition coefficient (Wildman–Crippen LogP) is 1.62. The van der Waals surface area contributed by atoms with Crippen LogP contribution in [-0.2, 0) is 21.4 Å². The lowest BCUT2D eigenvalue weighted by atomic mass is 10.2. The number of hydrogen-bond acceptors (Lipinski definition) is 6. The highest BCUT2D eigenvalue weighted by molar-refractivity contribution is 7.98. The summed E-state index contributed by atoms with van der Waals surface area (Å²) < 4.78 is 43.1. The lowest BCUT2D eigenvalue weighted by Crippen LogP contribution is -2.44. The molecule has 0 saturated carbocycles. The van der Waals surface area contributed by atoms with Crippen molar-refractivity contribution in [2.24, 2.45) is 0 Å². The molecule has 160 valence electrons. The summed E-state index contributed by atoms with van der Waals surface area (Å²) in [5, 5.41) is 6.86. The molecule has 29 heavy (non-hydrogen) atoms. The maximum atomic E-state index is 13.9. The van der Waals surface area contributed by atoms with Gasteiger partial charge in [-0.15, -0.1) is 0 Å². The number of carbonyl (C=O) groups is 1. The third-order valence-corrected chi connectivity index (χ3v) is 6.18. The van der Waals surface area contributed by atoms with Crippen LogP contribution in [0.4, 0.5) is 10.1 Å². The van der Waals surface area contributed by atoms with Gasteiger partial charge in [0.1, 0.15) is 16.8 Å². The average Bonchev–Trinajstić information content (AvgIpc) is 3.11. The molecule has 0 spiro atoms. The average molecular weight is 444 g/mol. The number of aromatic nitrogens is 2. The van der Waals surface area contributed by atoms with Crippen LogP contribution in [0, 0.1) is 5.82 Å². The van der Waals surface area contributed by atoms with E-state index in [4.69, 9.17) is 0 Å². The van der Waals surface area contributed by atoms with Crippen molar-refractivity contribution < 1.29 is 17.6 Å². The Hall–Kier alpha value is -1.95. The highest BCUT2D eigenvalue weighted by atomic mass is 32.2. The van der Waals surface area contributed by atoms with Crippen LogP contribution in [0.3, 0.4) is 0 Å². The molecule has 0 fully saturated rings. The molecule has 11 heteroatoms. The number of sulfonamides is 1. The Morgan fingerprint density at radius 1 is 1.34 bits per heavy atom. The van der Waals surface area contributed by atoms with Crippen molar-refractivity contribution in [3.8, 4) is 0 Å². The molecule has 2 aromatic rings. The topological polar surface area (TPSA) is 96.3 Å². The Morgan fingerprint density at radius 3 is 2.72 bits per heavy atom. The molecule has 0 bridgehead atoms. The van der Waals surface area contributed by atoms with Crippen molar-refractivity contribution in [2.45, 2.75) is 23.9 Å². The fourth-order valence-corrected chi connectivity index (χ4v) is 4.26. The minimum absolute atomic E-state index is 0.259. The van der Waals surface area contributed by atoms with Gasteiger partial charge in [-0.1, -0.05) is 12.1 Å². The number of halogens is 1. The van der Waals surface area contributed by atoms with Gasteiger partial charge in [0.25, 0.3) is 0 Å². The van der Waals surface area contributed by atoms with Gasteiger partial charge in [0.15, 0.2) is 0 Å². The molecule has 1 heterocycles. The fourth-order valence-electron chi connectivity index (χ4n) is 2.47. The third-order valence-electron chi connectivity index (χ3n) is 4.03. The zero-order valence-corrected chi connectivity index (χ0v) is 18.3. The Balaban J connectivity index is 2.11. The van der Waals surface area contributed by atoms with Crippen LogP contribution < -0.4 is 10.0 Å². The second kappa shape index (κ2) is 10.7. The molecular weight excluding hydrogens is 417 g/mol. The van der Waals surface area contributed by atoms with E-state index in [1.807, 2.05) is 25.3 Å². The number of likely N-dealkylation sites (N-methyl/N-ethyl adjacent to an activating group) is 1. The lowest BCUT2D eigenvalue weighted by Gasteiger charge is -2.18. The van der Waals surface area contributed by atoms with Gasteiger partial charge in [-0.3, -0.25) is 9.48 Å². The summed E-state index contributed by atoms with van der Waals surface area (Å²) in [5.41, 5.74) is 0.466. The minimum Gasteiger partial charge on any atom is -0.322 e. The van der Waals surface area contributed by atoms with Crippen molar-refractivity contribution in [3.63, 3.8) is 0 Å². The van der Waals surface area contributed by atoms with Gasteiger partial charge in [0.2, 0.25) is 15.9 Å². The van der Waals surface area contributed by atoms with Gasteiger partial charge in [-0.2, -0.15) is 21.6 Å². The first kappa shape index (κ1) is 23.3. The van der Waals surface area contributed by atoms with E-state index >= 15 is 0 Å². The van der Waals surface area contributed by atoms with Gasteiger partial charge in [0, 0.05) is 12.7 Å². The van der Waals surface area contributed by atoms with Crippen LogP contribution in [0.2, 0.25) is 0 Å². The van der Waals surface area contributed by atoms with Gasteiger partial charge < -0.3 is 10.2 Å². The quantitative estimate of drug-likeness (QED) is 0.548. The molecule has 0 aliphatic carbocycles. The zero-order chi connectivity index (χ0) is 21.4. The number of nitrogens with zero attached hydrogens (tertiary/aromatic N) is 3. The summed E-state index contributed by atoms with van der Waals surface area (Å²) >= 11 is 1.48. The lowest BCUT2D eigenvalue weighted by molar-refractivity contribution is -0.117. The SMILES string of the molecule is CSCCC(NS(=O)(=O)c1ccccc1F)C(=O)Nc1cnn(CCN(C)C)c1. The molecule has 2 N–H and O–H groups in total. The molecule has 0 aliphatic rings. The Morgan fingerprint density at radius 2 is 2.07 bits per heavy atom. The van der Waals surface area contributed by atoms with E-state index in [1.54, 1.807) is 10.9 Å². The summed E-state index contributed by atoms with van der Waals surface area (Å²) in [4.78, 5) is 14.2. The molecule has 1 amide bonds. The molecule has 1 aromatic carbocycles. The van der Waals surface area contributed by atoms with Gasteiger partial charge >= 0.3 is 0 Å². The maximum Gasteiger partial charge on any atom is 0.244 e. The first-order chi connectivity index (χ1) is 13.7. The van der Waals surface area contributed by atoms with Crippen LogP contribution >= 0.6 is 11.8 Å². The van der Waals surface area contributed by atoms with Crippen molar-refractivity contribution in [3.05, 3.63) is 42.5 Å². The molecule has 1 atom stereocenters. The zero-order valence-electron chi connectivity index (χ0n) is 16.6. The highest BCUT2D eigenvalue weighted by Crippen LogP contribution is 2.16. The summed E-state index contributed by atoms with van der Waals surface area (Å²) in [6, 6.07) is 4.01. The smallest absolute Gasteiger partial charge is 0.244 e. The molecule has 0 aliphatic heterocycles. The van der Waals surface area contributed by atoms with Crippen LogP contribution in [0.15, 0.2) is 41.6 Å². The van der Waals surface area contributed by atoms with E-state index in [1.165, 1.54) is 30.1 Å². The van der Waals surface area contributed by atoms with Crippen LogP contribution in [-0.4, -0.2) is 67.7 Å². The second-order valence-corrected chi connectivity index (χ2v) is 9.34. The van der Waals surface area contributed by atoms with Crippen molar-refractivity contribution in [1.29, 1.82) is 0 Å². The molecule has 1 unspecified atom stereocenters. The number of nitrogens with one attached hydrogen (secondary N) is 2. The summed E-state index contributed by atoms with van der Waals surface area (Å²) in [5.74, 6) is -0.836. The monoisotopic (exact) mass is 443 g/mol. The number of anilines is 1. The van der Waals surface area contributed by atoms with Crippen LogP contribution in [0.5, 0.6) is 0 Å². The molecule has 1 aromatic heterocycles. The van der Waals surface area contributed by atoms with Crippen LogP contribution in [0.1, 0.15) is 6.42 Å². The first-order valence-corrected chi connectivity index (χ1v) is 11.8. The number of amides is 1. The number of thioether (sulfide) groups is 1. The number of hydrogen-bond donors (Lipinski definition) is 2. The largest absolute Gasteiger partial charge is 0.322 e. The van der Waals surface area contributed by atoms with E-state index in [0.717, 1.165) is 18.7 Å². The minimum atomic E-state index is -4.19. The number of rotatable bonds is 11. The molecular formula is C18H26FN5O3S2. The van der Waals surface area contributed by atoms with Crippen LogP contribution in [0.25, 0.3) is 0 Å². The van der Waals surface area contributed by atoms with Crippen molar-refractivity contribution >= 4 is 33.4 Å². The summed E-state index contributed by atoms with van der Waals surface area (Å²) in [7, 11) is -0.295. The Labute approximate surface area is 174 Å². The van der Waals surface area contributed by atoms with Crippen molar-refractivity contribution in [1.82, 2.24) is 19.4 Å². The molecule has 0 radical (unpaired) electrons. The van der Waals surface area contributed by atoms with Crippen molar-refractivity contribution in [2.75, 3.05) is 38.0 Å². The molecule has 0 saturated heterocycles. The number of carbonyl (C=O) groups excluding carboxylic acids is 1. The van der Waals surface area contributed by atoms with Gasteiger partial charge in [-0.05, 0) is 44.7 Å². The van der Waals surface area contributed by atoms with Gasteiger partial charge in [-0.25, -0.2) is 12.8 Å². The van der Waals surface area contributed by atoms with E-state index in [2.05, 4.69) is 15.1 Å². The van der Waals surface area contributed by atoms with E-state index < -0.39 is 32.7 Å². The van der Waals surface area contributed by atoms with E-state index in [9.17, 15) is 17.6 Å². The first-order valence-electron chi connectivity index (χ1n) is 8.97. The number of benzene rings is 1. The standard InChI is InChI=1S/C18H26FN5O3S2/c1-23(2)9-10-24-13-14(12-20-24)21-18(25)16(8-11-28-3)22-29(26,27)17-7-5-4-6-15(17)19/h4-7,12-13,16,22H,8-11H2,1-3H3,(H,21,25). The second-order valence-electron chi connectivity index (χ2n) is 6.67. The summed E-state index contributed by atoms with van der Waals surface area (Å²) in [6.45, 7) is 1.44. The van der Waals surface area contributed by atoms with E-state index in [0.29, 0.717) is 18.0 Å². The molecule has 2 rings (SSSR count). The fraction of sp³-hybridized carbons (Fsp3) is 0.444.